The lowest BCUT2D eigenvalue weighted by atomic mass is 10.2. The quantitative estimate of drug-likeness (QED) is 0.805. The average molecular weight is 273 g/mol. The number of carbonyl (C=O) groups excluding carboxylic acids is 1. The first kappa shape index (κ1) is 14.1. The summed E-state index contributed by atoms with van der Waals surface area (Å²) in [6.07, 6.45) is 2.95. The second-order valence-electron chi connectivity index (χ2n) is 4.72. The van der Waals surface area contributed by atoms with Gasteiger partial charge in [-0.3, -0.25) is 9.78 Å². The van der Waals surface area contributed by atoms with Crippen molar-refractivity contribution in [3.8, 4) is 0 Å². The molecular formula is C15H16FN3O. The molecule has 0 aliphatic carbocycles. The minimum absolute atomic E-state index is 0.00885. The van der Waals surface area contributed by atoms with Gasteiger partial charge in [0, 0.05) is 18.4 Å². The molecule has 0 radical (unpaired) electrons. The fraction of sp³-hybridized carbons (Fsp3) is 0.267. The maximum Gasteiger partial charge on any atom is 0.256 e. The average Bonchev–Trinajstić information content (AvgIpc) is 2.45. The molecule has 2 rings (SSSR count). The van der Waals surface area contributed by atoms with Crippen molar-refractivity contribution < 1.29 is 9.18 Å². The Kier molecular flexibility index (Phi) is 4.40. The molecular weight excluding hydrogens is 257 g/mol. The third-order valence-corrected chi connectivity index (χ3v) is 2.92. The van der Waals surface area contributed by atoms with Crippen LogP contribution in [0.4, 0.5) is 4.39 Å². The van der Waals surface area contributed by atoms with Crippen LogP contribution < -0.4 is 0 Å². The van der Waals surface area contributed by atoms with Gasteiger partial charge < -0.3 is 4.90 Å². The van der Waals surface area contributed by atoms with Crippen molar-refractivity contribution in [2.75, 3.05) is 0 Å². The number of aromatic nitrogens is 2. The Morgan fingerprint density at radius 3 is 2.60 bits per heavy atom. The van der Waals surface area contributed by atoms with Crippen molar-refractivity contribution >= 4 is 5.91 Å². The van der Waals surface area contributed by atoms with Crippen LogP contribution in [0.15, 0.2) is 42.7 Å². The number of halogens is 1. The first-order valence-electron chi connectivity index (χ1n) is 6.40. The molecule has 104 valence electrons. The highest BCUT2D eigenvalue weighted by molar-refractivity contribution is 5.94. The maximum absolute atomic E-state index is 12.8. The second-order valence-corrected chi connectivity index (χ2v) is 4.72. The molecule has 0 saturated heterocycles. The van der Waals surface area contributed by atoms with E-state index < -0.39 is 5.95 Å². The highest BCUT2D eigenvalue weighted by Gasteiger charge is 2.19. The normalized spacial score (nSPS) is 10.6. The van der Waals surface area contributed by atoms with Crippen molar-refractivity contribution in [2.45, 2.75) is 26.4 Å². The topological polar surface area (TPSA) is 46.1 Å². The lowest BCUT2D eigenvalue weighted by Crippen LogP contribution is -2.36. The molecule has 4 nitrogen and oxygen atoms in total. The minimum atomic E-state index is -0.595. The Morgan fingerprint density at radius 2 is 2.05 bits per heavy atom. The van der Waals surface area contributed by atoms with E-state index in [-0.39, 0.29) is 11.9 Å². The van der Waals surface area contributed by atoms with Crippen molar-refractivity contribution in [3.63, 3.8) is 0 Å². The van der Waals surface area contributed by atoms with E-state index in [1.807, 2.05) is 32.0 Å². The molecule has 0 aromatic carbocycles. The van der Waals surface area contributed by atoms with E-state index in [0.29, 0.717) is 12.1 Å². The summed E-state index contributed by atoms with van der Waals surface area (Å²) in [4.78, 5) is 21.9. The number of pyridine rings is 2. The third kappa shape index (κ3) is 3.38. The van der Waals surface area contributed by atoms with Gasteiger partial charge in [0.25, 0.3) is 5.91 Å². The Balaban J connectivity index is 2.20. The van der Waals surface area contributed by atoms with Gasteiger partial charge in [-0.15, -0.1) is 0 Å². The van der Waals surface area contributed by atoms with Crippen molar-refractivity contribution in [2.24, 2.45) is 0 Å². The summed E-state index contributed by atoms with van der Waals surface area (Å²) in [5, 5.41) is 0. The molecule has 0 atom stereocenters. The largest absolute Gasteiger partial charge is 0.330 e. The zero-order chi connectivity index (χ0) is 14.5. The Hall–Kier alpha value is -2.30. The zero-order valence-electron chi connectivity index (χ0n) is 11.5. The van der Waals surface area contributed by atoms with Gasteiger partial charge in [0.15, 0.2) is 0 Å². The molecule has 2 heterocycles. The van der Waals surface area contributed by atoms with Gasteiger partial charge in [-0.05, 0) is 38.1 Å². The standard InChI is InChI=1S/C15H16FN3O/c1-11(2)19(10-13-5-3-4-8-17-13)15(20)12-6-7-14(16)18-9-12/h3-9,11H,10H2,1-2H3. The number of rotatable bonds is 4. The number of hydrogen-bond acceptors (Lipinski definition) is 3. The molecule has 0 spiro atoms. The van der Waals surface area contributed by atoms with E-state index in [0.717, 1.165) is 5.69 Å². The lowest BCUT2D eigenvalue weighted by molar-refractivity contribution is 0.0687. The van der Waals surface area contributed by atoms with Crippen LogP contribution in [0.3, 0.4) is 0 Å². The first-order valence-corrected chi connectivity index (χ1v) is 6.40. The van der Waals surface area contributed by atoms with E-state index in [4.69, 9.17) is 0 Å². The van der Waals surface area contributed by atoms with E-state index in [9.17, 15) is 9.18 Å². The van der Waals surface area contributed by atoms with Gasteiger partial charge in [0.2, 0.25) is 5.95 Å². The Labute approximate surface area is 117 Å². The second kappa shape index (κ2) is 6.23. The highest BCUT2D eigenvalue weighted by Crippen LogP contribution is 2.12. The van der Waals surface area contributed by atoms with Crippen LogP contribution in [-0.4, -0.2) is 26.8 Å². The fourth-order valence-electron chi connectivity index (χ4n) is 1.82. The van der Waals surface area contributed by atoms with Gasteiger partial charge in [0.05, 0.1) is 17.8 Å². The van der Waals surface area contributed by atoms with E-state index in [2.05, 4.69) is 9.97 Å². The predicted molar refractivity (Wildman–Crippen MR) is 73.4 cm³/mol. The third-order valence-electron chi connectivity index (χ3n) is 2.92. The smallest absolute Gasteiger partial charge is 0.256 e. The summed E-state index contributed by atoms with van der Waals surface area (Å²) in [6, 6.07) is 8.21. The molecule has 0 saturated carbocycles. The molecule has 2 aromatic heterocycles. The Bertz CT molecular complexity index is 569. The van der Waals surface area contributed by atoms with Crippen LogP contribution in [0.25, 0.3) is 0 Å². The lowest BCUT2D eigenvalue weighted by Gasteiger charge is -2.26. The van der Waals surface area contributed by atoms with Gasteiger partial charge in [-0.2, -0.15) is 4.39 Å². The predicted octanol–water partition coefficient (Wildman–Crippen LogP) is 2.67. The van der Waals surface area contributed by atoms with Crippen LogP contribution in [0.5, 0.6) is 0 Å². The van der Waals surface area contributed by atoms with Crippen LogP contribution in [0.2, 0.25) is 0 Å². The number of hydrogen-bond donors (Lipinski definition) is 0. The molecule has 5 heteroatoms. The summed E-state index contributed by atoms with van der Waals surface area (Å²) in [5.74, 6) is -0.777. The fourth-order valence-corrected chi connectivity index (χ4v) is 1.82. The van der Waals surface area contributed by atoms with Gasteiger partial charge in [0.1, 0.15) is 0 Å². The first-order chi connectivity index (χ1) is 9.58. The SMILES string of the molecule is CC(C)N(Cc1ccccn1)C(=O)c1ccc(F)nc1. The monoisotopic (exact) mass is 273 g/mol. The number of carbonyl (C=O) groups is 1. The van der Waals surface area contributed by atoms with Crippen molar-refractivity contribution in [3.05, 3.63) is 59.9 Å². The van der Waals surface area contributed by atoms with Gasteiger partial charge in [-0.25, -0.2) is 4.98 Å². The van der Waals surface area contributed by atoms with Gasteiger partial charge >= 0.3 is 0 Å². The minimum Gasteiger partial charge on any atom is -0.330 e. The molecule has 20 heavy (non-hydrogen) atoms. The molecule has 0 unspecified atom stereocenters. The van der Waals surface area contributed by atoms with Crippen molar-refractivity contribution in [1.82, 2.24) is 14.9 Å². The molecule has 2 aromatic rings. The van der Waals surface area contributed by atoms with E-state index in [1.165, 1.54) is 18.3 Å². The zero-order valence-corrected chi connectivity index (χ0v) is 11.5. The van der Waals surface area contributed by atoms with E-state index >= 15 is 0 Å². The molecule has 0 fully saturated rings. The summed E-state index contributed by atoms with van der Waals surface area (Å²) in [5.41, 5.74) is 1.18. The highest BCUT2D eigenvalue weighted by atomic mass is 19.1. The summed E-state index contributed by atoms with van der Waals surface area (Å²) >= 11 is 0. The maximum atomic E-state index is 12.8. The van der Waals surface area contributed by atoms with Crippen LogP contribution in [-0.2, 0) is 6.54 Å². The van der Waals surface area contributed by atoms with Crippen LogP contribution in [0.1, 0.15) is 29.9 Å². The van der Waals surface area contributed by atoms with E-state index in [1.54, 1.807) is 11.1 Å². The molecule has 0 aliphatic rings. The number of amides is 1. The molecule has 1 amide bonds. The molecule has 0 aliphatic heterocycles. The number of nitrogens with zero attached hydrogens (tertiary/aromatic N) is 3. The molecule has 0 N–H and O–H groups in total. The van der Waals surface area contributed by atoms with Gasteiger partial charge in [-0.1, -0.05) is 6.07 Å². The van der Waals surface area contributed by atoms with Crippen molar-refractivity contribution in [1.29, 1.82) is 0 Å². The summed E-state index contributed by atoms with van der Waals surface area (Å²) < 4.78 is 12.8. The van der Waals surface area contributed by atoms with Crippen LogP contribution in [0, 0.1) is 5.95 Å². The molecule has 0 bridgehead atoms. The Morgan fingerprint density at radius 1 is 1.25 bits per heavy atom. The summed E-state index contributed by atoms with van der Waals surface area (Å²) in [7, 11) is 0. The van der Waals surface area contributed by atoms with Crippen LogP contribution >= 0.6 is 0 Å². The summed E-state index contributed by atoms with van der Waals surface area (Å²) in [6.45, 7) is 4.27.